The third-order valence-corrected chi connectivity index (χ3v) is 1.75. The van der Waals surface area contributed by atoms with E-state index in [0.29, 0.717) is 18.5 Å². The monoisotopic (exact) mass is 183 g/mol. The van der Waals surface area contributed by atoms with E-state index in [9.17, 15) is 10.2 Å². The molecule has 0 spiro atoms. The van der Waals surface area contributed by atoms with Crippen LogP contribution in [0, 0.1) is 0 Å². The minimum Gasteiger partial charge on any atom is -0.390 e. The van der Waals surface area contributed by atoms with E-state index < -0.39 is 12.2 Å². The highest BCUT2D eigenvalue weighted by Gasteiger charge is 2.17. The maximum Gasteiger partial charge on any atom is 0.115 e. The lowest BCUT2D eigenvalue weighted by Crippen LogP contribution is -2.21. The summed E-state index contributed by atoms with van der Waals surface area (Å²) in [5, 5.41) is 18.9. The molecule has 0 radical (unpaired) electrons. The first-order chi connectivity index (χ1) is 6.25. The van der Waals surface area contributed by atoms with Crippen molar-refractivity contribution in [2.75, 3.05) is 6.54 Å². The Kier molecular flexibility index (Phi) is 3.75. The molecule has 4 N–H and O–H groups in total. The van der Waals surface area contributed by atoms with Crippen molar-refractivity contribution >= 4 is 0 Å². The number of rotatable bonds is 4. The molecular weight excluding hydrogens is 170 g/mol. The summed E-state index contributed by atoms with van der Waals surface area (Å²) in [6.45, 7) is 0.339. The molecule has 0 saturated carbocycles. The summed E-state index contributed by atoms with van der Waals surface area (Å²) in [5.74, 6) is 0. The van der Waals surface area contributed by atoms with Crippen molar-refractivity contribution in [3.63, 3.8) is 0 Å². The fourth-order valence-electron chi connectivity index (χ4n) is 1.01. The van der Waals surface area contributed by atoms with Gasteiger partial charge in [0.15, 0.2) is 0 Å². The zero-order chi connectivity index (χ0) is 9.68. The Morgan fingerprint density at radius 1 is 1.31 bits per heavy atom. The Balaban J connectivity index is 2.62. The van der Waals surface area contributed by atoms with Crippen LogP contribution in [0.2, 0.25) is 0 Å². The smallest absolute Gasteiger partial charge is 0.115 e. The van der Waals surface area contributed by atoms with Crippen LogP contribution in [0.25, 0.3) is 0 Å². The minimum atomic E-state index is -0.954. The SMILES string of the molecule is NCCC(O)C(O)c1cncnc1. The lowest BCUT2D eigenvalue weighted by Gasteiger charge is -2.16. The average Bonchev–Trinajstić information content (AvgIpc) is 2.18. The van der Waals surface area contributed by atoms with Crippen molar-refractivity contribution in [2.24, 2.45) is 5.73 Å². The Bertz CT molecular complexity index is 242. The van der Waals surface area contributed by atoms with Gasteiger partial charge in [0.2, 0.25) is 0 Å². The Morgan fingerprint density at radius 2 is 1.92 bits per heavy atom. The number of aromatic nitrogens is 2. The molecule has 5 heteroatoms. The third kappa shape index (κ3) is 2.73. The van der Waals surface area contributed by atoms with E-state index in [1.165, 1.54) is 18.7 Å². The van der Waals surface area contributed by atoms with Gasteiger partial charge in [-0.15, -0.1) is 0 Å². The van der Waals surface area contributed by atoms with Gasteiger partial charge in [0.25, 0.3) is 0 Å². The Morgan fingerprint density at radius 3 is 2.46 bits per heavy atom. The maximum atomic E-state index is 9.53. The van der Waals surface area contributed by atoms with E-state index in [0.717, 1.165) is 0 Å². The fourth-order valence-corrected chi connectivity index (χ4v) is 1.01. The van der Waals surface area contributed by atoms with Crippen molar-refractivity contribution in [2.45, 2.75) is 18.6 Å². The molecule has 0 saturated heterocycles. The number of nitrogens with two attached hydrogens (primary N) is 1. The molecule has 0 aromatic carbocycles. The quantitative estimate of drug-likeness (QED) is 0.569. The Labute approximate surface area is 76.3 Å². The second-order valence-electron chi connectivity index (χ2n) is 2.76. The number of hydrogen-bond acceptors (Lipinski definition) is 5. The lowest BCUT2D eigenvalue weighted by atomic mass is 10.1. The summed E-state index contributed by atoms with van der Waals surface area (Å²) in [4.78, 5) is 7.47. The first kappa shape index (κ1) is 10.0. The summed E-state index contributed by atoms with van der Waals surface area (Å²) in [7, 11) is 0. The first-order valence-electron chi connectivity index (χ1n) is 4.07. The lowest BCUT2D eigenvalue weighted by molar-refractivity contribution is 0.0146. The van der Waals surface area contributed by atoms with E-state index >= 15 is 0 Å². The number of hydrogen-bond donors (Lipinski definition) is 3. The van der Waals surface area contributed by atoms with Crippen LogP contribution in [-0.4, -0.2) is 32.8 Å². The average molecular weight is 183 g/mol. The van der Waals surface area contributed by atoms with Crippen molar-refractivity contribution in [1.82, 2.24) is 9.97 Å². The molecule has 1 aromatic rings. The van der Waals surface area contributed by atoms with Gasteiger partial charge in [0.1, 0.15) is 12.4 Å². The normalized spacial score (nSPS) is 15.3. The molecule has 72 valence electrons. The van der Waals surface area contributed by atoms with Gasteiger partial charge < -0.3 is 15.9 Å². The predicted molar refractivity (Wildman–Crippen MR) is 46.7 cm³/mol. The molecule has 0 fully saturated rings. The van der Waals surface area contributed by atoms with Gasteiger partial charge in [-0.05, 0) is 13.0 Å². The molecule has 1 aromatic heterocycles. The topological polar surface area (TPSA) is 92.3 Å². The van der Waals surface area contributed by atoms with E-state index in [1.54, 1.807) is 0 Å². The number of nitrogens with zero attached hydrogens (tertiary/aromatic N) is 2. The van der Waals surface area contributed by atoms with Crippen LogP contribution in [0.15, 0.2) is 18.7 Å². The molecule has 2 atom stereocenters. The highest BCUT2D eigenvalue weighted by atomic mass is 16.3. The predicted octanol–water partition coefficient (Wildman–Crippen LogP) is -0.780. The van der Waals surface area contributed by atoms with Gasteiger partial charge in [0.05, 0.1) is 6.10 Å². The van der Waals surface area contributed by atoms with Crippen molar-refractivity contribution in [3.05, 3.63) is 24.3 Å². The summed E-state index contributed by atoms with van der Waals surface area (Å²) < 4.78 is 0. The van der Waals surface area contributed by atoms with Crippen molar-refractivity contribution in [1.29, 1.82) is 0 Å². The molecule has 0 aliphatic heterocycles. The van der Waals surface area contributed by atoms with Crippen LogP contribution >= 0.6 is 0 Å². The molecule has 0 aliphatic carbocycles. The molecular formula is C8H13N3O2. The molecule has 2 unspecified atom stereocenters. The van der Waals surface area contributed by atoms with Gasteiger partial charge in [-0.25, -0.2) is 9.97 Å². The highest BCUT2D eigenvalue weighted by Crippen LogP contribution is 2.15. The van der Waals surface area contributed by atoms with E-state index in [-0.39, 0.29) is 0 Å². The van der Waals surface area contributed by atoms with Gasteiger partial charge in [-0.2, -0.15) is 0 Å². The van der Waals surface area contributed by atoms with Crippen LogP contribution < -0.4 is 5.73 Å². The van der Waals surface area contributed by atoms with Crippen molar-refractivity contribution < 1.29 is 10.2 Å². The fraction of sp³-hybridized carbons (Fsp3) is 0.500. The van der Waals surface area contributed by atoms with Gasteiger partial charge in [-0.3, -0.25) is 0 Å². The van der Waals surface area contributed by atoms with Gasteiger partial charge in [0, 0.05) is 18.0 Å². The molecule has 5 nitrogen and oxygen atoms in total. The van der Waals surface area contributed by atoms with Gasteiger partial charge >= 0.3 is 0 Å². The zero-order valence-corrected chi connectivity index (χ0v) is 7.17. The highest BCUT2D eigenvalue weighted by molar-refractivity contribution is 5.08. The van der Waals surface area contributed by atoms with Gasteiger partial charge in [-0.1, -0.05) is 0 Å². The standard InChI is InChI=1S/C8H13N3O2/c9-2-1-7(12)8(13)6-3-10-5-11-4-6/h3-5,7-8,12-13H,1-2,9H2. The van der Waals surface area contributed by atoms with Crippen molar-refractivity contribution in [3.8, 4) is 0 Å². The summed E-state index contributed by atoms with van der Waals surface area (Å²) >= 11 is 0. The summed E-state index contributed by atoms with van der Waals surface area (Å²) in [6, 6.07) is 0. The molecule has 0 aliphatic rings. The van der Waals surface area contributed by atoms with E-state index in [4.69, 9.17) is 5.73 Å². The third-order valence-electron chi connectivity index (χ3n) is 1.75. The molecule has 1 heterocycles. The van der Waals surface area contributed by atoms with Crippen LogP contribution in [0.1, 0.15) is 18.1 Å². The molecule has 13 heavy (non-hydrogen) atoms. The number of aliphatic hydroxyl groups is 2. The summed E-state index contributed by atoms with van der Waals surface area (Å²) in [6.07, 6.45) is 2.86. The second-order valence-corrected chi connectivity index (χ2v) is 2.76. The minimum absolute atomic E-state index is 0.339. The molecule has 0 amide bonds. The van der Waals surface area contributed by atoms with E-state index in [2.05, 4.69) is 9.97 Å². The van der Waals surface area contributed by atoms with Crippen LogP contribution in [-0.2, 0) is 0 Å². The summed E-state index contributed by atoms with van der Waals surface area (Å²) in [5.41, 5.74) is 5.75. The van der Waals surface area contributed by atoms with Crippen LogP contribution in [0.5, 0.6) is 0 Å². The second kappa shape index (κ2) is 4.86. The zero-order valence-electron chi connectivity index (χ0n) is 7.17. The number of aliphatic hydroxyl groups excluding tert-OH is 2. The van der Waals surface area contributed by atoms with Crippen LogP contribution in [0.3, 0.4) is 0 Å². The Hall–Kier alpha value is -1.04. The molecule has 1 rings (SSSR count). The maximum absolute atomic E-state index is 9.53. The molecule has 0 bridgehead atoms. The largest absolute Gasteiger partial charge is 0.390 e. The van der Waals surface area contributed by atoms with Crippen LogP contribution in [0.4, 0.5) is 0 Å². The first-order valence-corrected chi connectivity index (χ1v) is 4.07. The van der Waals surface area contributed by atoms with E-state index in [1.807, 2.05) is 0 Å².